The Labute approximate surface area is 164 Å². The lowest BCUT2D eigenvalue weighted by Crippen LogP contribution is -2.38. The zero-order valence-electron chi connectivity index (χ0n) is 15.7. The summed E-state index contributed by atoms with van der Waals surface area (Å²) in [5, 5.41) is 6.60. The first-order chi connectivity index (χ1) is 13.1. The Morgan fingerprint density at radius 3 is 2.32 bits per heavy atom. The molecule has 1 aliphatic rings. The quantitative estimate of drug-likeness (QED) is 0.772. The lowest BCUT2D eigenvalue weighted by Gasteiger charge is -2.22. The third-order valence-corrected chi connectivity index (χ3v) is 8.75. The maximum absolute atomic E-state index is 13.8. The first-order valence-electron chi connectivity index (χ1n) is 8.86. The average Bonchev–Trinajstić information content (AvgIpc) is 2.84. The highest BCUT2D eigenvalue weighted by Crippen LogP contribution is 2.24. The lowest BCUT2D eigenvalue weighted by molar-refractivity contribution is 0.403. The molecule has 1 aromatic carbocycles. The molecule has 1 aromatic heterocycles. The number of aryl methyl sites for hydroxylation is 2. The molecule has 1 aliphatic heterocycles. The van der Waals surface area contributed by atoms with Crippen molar-refractivity contribution in [2.75, 3.05) is 26.2 Å². The minimum atomic E-state index is -3.78. The van der Waals surface area contributed by atoms with Crippen LogP contribution in [0.5, 0.6) is 0 Å². The second-order valence-electron chi connectivity index (χ2n) is 6.77. The van der Waals surface area contributed by atoms with Gasteiger partial charge in [-0.2, -0.15) is 9.40 Å². The van der Waals surface area contributed by atoms with Crippen molar-refractivity contribution in [3.63, 3.8) is 0 Å². The number of hydrogen-bond donors (Lipinski definition) is 1. The molecule has 2 aromatic rings. The summed E-state index contributed by atoms with van der Waals surface area (Å²) in [6.07, 6.45) is 0.353. The number of aromatic amines is 1. The minimum absolute atomic E-state index is 0.0198. The molecule has 0 saturated carbocycles. The van der Waals surface area contributed by atoms with Crippen LogP contribution in [0.3, 0.4) is 0 Å². The van der Waals surface area contributed by atoms with E-state index < -0.39 is 31.6 Å². The van der Waals surface area contributed by atoms with Crippen LogP contribution in [0.2, 0.25) is 0 Å². The molecule has 11 heteroatoms. The Bertz CT molecular complexity index is 1050. The first kappa shape index (κ1) is 20.9. The normalized spacial score (nSPS) is 17.5. The van der Waals surface area contributed by atoms with E-state index in [9.17, 15) is 21.2 Å². The molecule has 28 heavy (non-hydrogen) atoms. The monoisotopic (exact) mass is 430 g/mol. The van der Waals surface area contributed by atoms with Crippen LogP contribution < -0.4 is 0 Å². The molecule has 1 N–H and O–H groups in total. The largest absolute Gasteiger partial charge is 0.281 e. The van der Waals surface area contributed by atoms with Crippen LogP contribution in [-0.4, -0.2) is 61.8 Å². The summed E-state index contributed by atoms with van der Waals surface area (Å²) in [7, 11) is -7.55. The van der Waals surface area contributed by atoms with E-state index >= 15 is 0 Å². The number of hydrogen-bond acceptors (Lipinski definition) is 5. The molecule has 8 nitrogen and oxygen atoms in total. The number of rotatable bonds is 5. The third-order valence-electron chi connectivity index (χ3n) is 4.76. The Kier molecular flexibility index (Phi) is 5.89. The summed E-state index contributed by atoms with van der Waals surface area (Å²) in [4.78, 5) is 0.134. The van der Waals surface area contributed by atoms with Crippen molar-refractivity contribution in [3.05, 3.63) is 47.0 Å². The fraction of sp³-hybridized carbons (Fsp3) is 0.471. The van der Waals surface area contributed by atoms with Gasteiger partial charge in [0, 0.05) is 31.7 Å². The molecule has 1 fully saturated rings. The van der Waals surface area contributed by atoms with E-state index in [0.29, 0.717) is 17.8 Å². The van der Waals surface area contributed by atoms with Gasteiger partial charge in [0.1, 0.15) is 10.7 Å². The van der Waals surface area contributed by atoms with Crippen molar-refractivity contribution in [2.45, 2.75) is 30.9 Å². The average molecular weight is 431 g/mol. The summed E-state index contributed by atoms with van der Waals surface area (Å²) in [5.74, 6) is -1.03. The maximum atomic E-state index is 13.8. The van der Waals surface area contributed by atoms with Gasteiger partial charge in [-0.25, -0.2) is 25.5 Å². The highest BCUT2D eigenvalue weighted by molar-refractivity contribution is 7.89. The second kappa shape index (κ2) is 7.90. The predicted molar refractivity (Wildman–Crippen MR) is 102 cm³/mol. The van der Waals surface area contributed by atoms with Crippen LogP contribution in [0.1, 0.15) is 23.4 Å². The van der Waals surface area contributed by atoms with Gasteiger partial charge < -0.3 is 0 Å². The molecule has 0 aliphatic carbocycles. The number of benzene rings is 1. The van der Waals surface area contributed by atoms with Crippen LogP contribution in [-0.2, 0) is 25.8 Å². The minimum Gasteiger partial charge on any atom is -0.281 e. The molecule has 154 valence electrons. The van der Waals surface area contributed by atoms with Crippen LogP contribution in [0, 0.1) is 19.7 Å². The van der Waals surface area contributed by atoms with E-state index in [1.807, 2.05) is 0 Å². The fourth-order valence-corrected chi connectivity index (χ4v) is 6.72. The van der Waals surface area contributed by atoms with Gasteiger partial charge in [0.2, 0.25) is 20.0 Å². The van der Waals surface area contributed by atoms with Gasteiger partial charge in [-0.05, 0) is 26.3 Å². The predicted octanol–water partition coefficient (Wildman–Crippen LogP) is 1.39. The van der Waals surface area contributed by atoms with Crippen molar-refractivity contribution in [2.24, 2.45) is 0 Å². The summed E-state index contributed by atoms with van der Waals surface area (Å²) in [6, 6.07) is 5.74. The van der Waals surface area contributed by atoms with Crippen molar-refractivity contribution in [3.8, 4) is 0 Å². The Morgan fingerprint density at radius 2 is 1.68 bits per heavy atom. The standard InChI is InChI=1S/C17H23FN4O4S2/c1-13-17(14(2)20-19-13)28(25,26)22-9-5-8-21(10-11-22)27(23,24)12-15-6-3-4-7-16(15)18/h3-4,6-7H,5,8-12H2,1-2H3,(H,19,20). The molecular weight excluding hydrogens is 407 g/mol. The van der Waals surface area contributed by atoms with Crippen molar-refractivity contribution in [1.82, 2.24) is 18.8 Å². The van der Waals surface area contributed by atoms with E-state index in [2.05, 4.69) is 10.2 Å². The van der Waals surface area contributed by atoms with Crippen LogP contribution in [0.25, 0.3) is 0 Å². The van der Waals surface area contributed by atoms with Gasteiger partial charge >= 0.3 is 0 Å². The number of aromatic nitrogens is 2. The topological polar surface area (TPSA) is 103 Å². The van der Waals surface area contributed by atoms with Crippen molar-refractivity contribution in [1.29, 1.82) is 0 Å². The number of H-pyrrole nitrogens is 1. The Balaban J connectivity index is 1.77. The molecule has 0 unspecified atom stereocenters. The fourth-order valence-electron chi connectivity index (χ4n) is 3.34. The zero-order valence-corrected chi connectivity index (χ0v) is 17.4. The molecule has 3 rings (SSSR count). The molecule has 2 heterocycles. The molecule has 0 atom stereocenters. The summed E-state index contributed by atoms with van der Waals surface area (Å²) >= 11 is 0. The SMILES string of the molecule is Cc1n[nH]c(C)c1S(=O)(=O)N1CCCN(S(=O)(=O)Cc2ccccc2F)CC1. The first-order valence-corrected chi connectivity index (χ1v) is 11.9. The second-order valence-corrected chi connectivity index (χ2v) is 10.6. The van der Waals surface area contributed by atoms with Gasteiger partial charge in [0.25, 0.3) is 0 Å². The highest BCUT2D eigenvalue weighted by atomic mass is 32.2. The van der Waals surface area contributed by atoms with E-state index in [1.165, 1.54) is 26.8 Å². The number of nitrogens with one attached hydrogen (secondary N) is 1. The molecule has 1 saturated heterocycles. The number of nitrogens with zero attached hydrogens (tertiary/aromatic N) is 3. The maximum Gasteiger partial charge on any atom is 0.246 e. The van der Waals surface area contributed by atoms with E-state index in [1.54, 1.807) is 19.9 Å². The molecule has 0 amide bonds. The van der Waals surface area contributed by atoms with Gasteiger partial charge in [-0.15, -0.1) is 0 Å². The summed E-state index contributed by atoms with van der Waals surface area (Å²) < 4.78 is 67.8. The van der Waals surface area contributed by atoms with Crippen LogP contribution >= 0.6 is 0 Å². The third kappa shape index (κ3) is 4.12. The lowest BCUT2D eigenvalue weighted by atomic mass is 10.2. The van der Waals surface area contributed by atoms with Crippen LogP contribution in [0.15, 0.2) is 29.2 Å². The summed E-state index contributed by atoms with van der Waals surface area (Å²) in [6.45, 7) is 3.69. The van der Waals surface area contributed by atoms with Gasteiger partial charge in [-0.3, -0.25) is 5.10 Å². The zero-order chi connectivity index (χ0) is 20.5. The van der Waals surface area contributed by atoms with Gasteiger partial charge in [-0.1, -0.05) is 18.2 Å². The number of sulfonamides is 2. The van der Waals surface area contributed by atoms with Gasteiger partial charge in [0.15, 0.2) is 0 Å². The van der Waals surface area contributed by atoms with Gasteiger partial charge in [0.05, 0.1) is 17.1 Å². The van der Waals surface area contributed by atoms with E-state index in [-0.39, 0.29) is 36.6 Å². The Hall–Kier alpha value is -1.82. The highest BCUT2D eigenvalue weighted by Gasteiger charge is 2.33. The van der Waals surface area contributed by atoms with Crippen LogP contribution in [0.4, 0.5) is 4.39 Å². The molecule has 0 bridgehead atoms. The Morgan fingerprint density at radius 1 is 1.04 bits per heavy atom. The molecular formula is C17H23FN4O4S2. The summed E-state index contributed by atoms with van der Waals surface area (Å²) in [5.41, 5.74) is 0.928. The van der Waals surface area contributed by atoms with Crippen molar-refractivity contribution < 1.29 is 21.2 Å². The van der Waals surface area contributed by atoms with E-state index in [0.717, 1.165) is 0 Å². The van der Waals surface area contributed by atoms with Crippen molar-refractivity contribution >= 4 is 20.0 Å². The van der Waals surface area contributed by atoms with E-state index in [4.69, 9.17) is 0 Å². The number of halogens is 1. The smallest absolute Gasteiger partial charge is 0.246 e. The molecule has 0 radical (unpaired) electrons. The molecule has 0 spiro atoms.